The quantitative estimate of drug-likeness (QED) is 0.0345. The van der Waals surface area contributed by atoms with Gasteiger partial charge in [-0.25, -0.2) is 0 Å². The summed E-state index contributed by atoms with van der Waals surface area (Å²) in [5.41, 5.74) is 0. The lowest BCUT2D eigenvalue weighted by Crippen LogP contribution is -2.30. The van der Waals surface area contributed by atoms with Gasteiger partial charge in [0.25, 0.3) is 0 Å². The van der Waals surface area contributed by atoms with Crippen LogP contribution in [0.3, 0.4) is 0 Å². The summed E-state index contributed by atoms with van der Waals surface area (Å²) in [7, 11) is 0. The van der Waals surface area contributed by atoms with Crippen LogP contribution < -0.4 is 0 Å². The van der Waals surface area contributed by atoms with Gasteiger partial charge in [-0.1, -0.05) is 302 Å². The Hall–Kier alpha value is -1.62. The molecule has 0 aromatic carbocycles. The summed E-state index contributed by atoms with van der Waals surface area (Å²) in [6, 6.07) is 0. The molecule has 0 rings (SSSR count). The van der Waals surface area contributed by atoms with Crippen LogP contribution in [0.25, 0.3) is 0 Å². The Kier molecular flexibility index (Phi) is 58.3. The maximum atomic E-state index is 12.9. The molecule has 0 radical (unpaired) electrons. The number of allylic oxidation sites excluding steroid dienone is 4. The van der Waals surface area contributed by atoms with Gasteiger partial charge in [0.05, 0.1) is 6.61 Å². The summed E-state index contributed by atoms with van der Waals surface area (Å²) in [6.45, 7) is 7.89. The van der Waals surface area contributed by atoms with Gasteiger partial charge < -0.3 is 14.2 Å². The number of rotatable bonds is 58. The van der Waals surface area contributed by atoms with E-state index < -0.39 is 6.10 Å². The van der Waals surface area contributed by atoms with E-state index in [0.29, 0.717) is 26.1 Å². The molecule has 0 aromatic heterocycles. The van der Waals surface area contributed by atoms with Crippen molar-refractivity contribution in [1.82, 2.24) is 0 Å². The average Bonchev–Trinajstić information content (AvgIpc) is 3.34. The molecule has 0 N–H and O–H groups in total. The Balaban J connectivity index is 4.21. The van der Waals surface area contributed by atoms with E-state index >= 15 is 0 Å². The minimum Gasteiger partial charge on any atom is -0.462 e. The highest BCUT2D eigenvalue weighted by Crippen LogP contribution is 2.17. The predicted molar refractivity (Wildman–Crippen MR) is 298 cm³/mol. The molecule has 0 aliphatic heterocycles. The van der Waals surface area contributed by atoms with Crippen molar-refractivity contribution in [2.75, 3.05) is 19.8 Å². The molecular weight excluding hydrogens is 837 g/mol. The molecule has 1 unspecified atom stereocenters. The second-order valence-electron chi connectivity index (χ2n) is 21.0. The Morgan fingerprint density at radius 1 is 0.324 bits per heavy atom. The molecule has 68 heavy (non-hydrogen) atoms. The maximum absolute atomic E-state index is 12.9. The molecule has 0 heterocycles. The van der Waals surface area contributed by atoms with E-state index in [1.807, 2.05) is 0 Å². The van der Waals surface area contributed by atoms with E-state index in [1.165, 1.54) is 270 Å². The third kappa shape index (κ3) is 57.0. The topological polar surface area (TPSA) is 61.8 Å². The first kappa shape index (κ1) is 66.4. The number of carbonyl (C=O) groups excluding carboxylic acids is 2. The van der Waals surface area contributed by atoms with Crippen molar-refractivity contribution in [2.45, 2.75) is 348 Å². The Morgan fingerprint density at radius 3 is 1.00 bits per heavy atom. The largest absolute Gasteiger partial charge is 0.462 e. The van der Waals surface area contributed by atoms with Crippen molar-refractivity contribution < 1.29 is 23.8 Å². The molecular formula is C63H120O5. The molecule has 0 amide bonds. The van der Waals surface area contributed by atoms with Crippen molar-refractivity contribution in [3.63, 3.8) is 0 Å². The third-order valence-electron chi connectivity index (χ3n) is 14.0. The van der Waals surface area contributed by atoms with Crippen LogP contribution in [0.5, 0.6) is 0 Å². The SMILES string of the molecule is CCCCC/C=C\C/C=C\CCCCCCCCCCCC(=O)OCC(COCCCCCCCCCCCCCCCCCC)OC(=O)CCCCCCCCCCCCCCCCCCC. The molecule has 0 saturated carbocycles. The second-order valence-corrected chi connectivity index (χ2v) is 21.0. The van der Waals surface area contributed by atoms with Gasteiger partial charge in [0, 0.05) is 19.4 Å². The smallest absolute Gasteiger partial charge is 0.306 e. The van der Waals surface area contributed by atoms with Crippen molar-refractivity contribution in [3.8, 4) is 0 Å². The maximum Gasteiger partial charge on any atom is 0.306 e. The summed E-state index contributed by atoms with van der Waals surface area (Å²) < 4.78 is 17.5. The fourth-order valence-corrected chi connectivity index (χ4v) is 9.37. The van der Waals surface area contributed by atoms with E-state index in [2.05, 4.69) is 45.1 Å². The van der Waals surface area contributed by atoms with Gasteiger partial charge in [-0.3, -0.25) is 9.59 Å². The molecule has 0 aromatic rings. The highest BCUT2D eigenvalue weighted by Gasteiger charge is 2.18. The van der Waals surface area contributed by atoms with Crippen LogP contribution >= 0.6 is 0 Å². The standard InChI is InChI=1S/C63H120O5/c1-4-7-10-13-16-19-22-25-28-31-32-34-35-38-41-44-47-50-53-56-62(64)67-60-61(59-66-58-55-52-49-46-43-40-37-30-27-24-21-18-15-12-9-6-3)68-63(65)57-54-51-48-45-42-39-36-33-29-26-23-20-17-14-11-8-5-2/h16,19,25,28,61H,4-15,17-18,20-24,26-27,29-60H2,1-3H3/b19-16-,28-25-. The zero-order valence-corrected chi connectivity index (χ0v) is 46.4. The van der Waals surface area contributed by atoms with Crippen LogP contribution in [-0.4, -0.2) is 37.9 Å². The minimum atomic E-state index is -0.531. The van der Waals surface area contributed by atoms with Crippen molar-refractivity contribution in [2.24, 2.45) is 0 Å². The second kappa shape index (κ2) is 59.7. The molecule has 0 aliphatic rings. The summed E-state index contributed by atoms with van der Waals surface area (Å²) in [5, 5.41) is 0. The number of hydrogen-bond donors (Lipinski definition) is 0. The van der Waals surface area contributed by atoms with Crippen LogP contribution in [0, 0.1) is 0 Å². The summed E-state index contributed by atoms with van der Waals surface area (Å²) in [4.78, 5) is 25.6. The van der Waals surface area contributed by atoms with Gasteiger partial charge in [0.2, 0.25) is 0 Å². The monoisotopic (exact) mass is 957 g/mol. The first-order valence-corrected chi connectivity index (χ1v) is 30.9. The van der Waals surface area contributed by atoms with E-state index in [1.54, 1.807) is 0 Å². The van der Waals surface area contributed by atoms with E-state index in [-0.39, 0.29) is 18.5 Å². The van der Waals surface area contributed by atoms with E-state index in [9.17, 15) is 9.59 Å². The number of esters is 2. The average molecular weight is 958 g/mol. The number of ether oxygens (including phenoxy) is 3. The minimum absolute atomic E-state index is 0.0918. The normalized spacial score (nSPS) is 12.2. The van der Waals surface area contributed by atoms with Crippen LogP contribution in [0.15, 0.2) is 24.3 Å². The lowest BCUT2D eigenvalue weighted by molar-refractivity contribution is -0.163. The number of hydrogen-bond acceptors (Lipinski definition) is 5. The molecule has 0 fully saturated rings. The Labute approximate surface area is 426 Å². The lowest BCUT2D eigenvalue weighted by atomic mass is 10.0. The van der Waals surface area contributed by atoms with Crippen LogP contribution in [0.1, 0.15) is 342 Å². The fraction of sp³-hybridized carbons (Fsp3) is 0.905. The molecule has 0 aliphatic carbocycles. The zero-order valence-electron chi connectivity index (χ0n) is 46.4. The molecule has 0 spiro atoms. The lowest BCUT2D eigenvalue weighted by Gasteiger charge is -2.18. The zero-order chi connectivity index (χ0) is 49.2. The third-order valence-corrected chi connectivity index (χ3v) is 14.0. The summed E-state index contributed by atoms with van der Waals surface area (Å²) in [6.07, 6.45) is 72.0. The highest BCUT2D eigenvalue weighted by molar-refractivity contribution is 5.70. The van der Waals surface area contributed by atoms with Crippen LogP contribution in [0.2, 0.25) is 0 Å². The molecule has 5 heteroatoms. The predicted octanol–water partition coefficient (Wildman–Crippen LogP) is 21.1. The van der Waals surface area contributed by atoms with Crippen molar-refractivity contribution in [3.05, 3.63) is 24.3 Å². The van der Waals surface area contributed by atoms with E-state index in [0.717, 1.165) is 38.5 Å². The van der Waals surface area contributed by atoms with Crippen molar-refractivity contribution in [1.29, 1.82) is 0 Å². The van der Waals surface area contributed by atoms with Gasteiger partial charge >= 0.3 is 11.9 Å². The first-order valence-electron chi connectivity index (χ1n) is 30.9. The van der Waals surface area contributed by atoms with Gasteiger partial charge in [0.15, 0.2) is 6.10 Å². The van der Waals surface area contributed by atoms with Crippen LogP contribution in [0.4, 0.5) is 0 Å². The molecule has 0 saturated heterocycles. The Morgan fingerprint density at radius 2 is 0.618 bits per heavy atom. The van der Waals surface area contributed by atoms with Gasteiger partial charge in [-0.2, -0.15) is 0 Å². The summed E-state index contributed by atoms with van der Waals surface area (Å²) >= 11 is 0. The number of unbranched alkanes of at least 4 members (excludes halogenated alkanes) is 43. The van der Waals surface area contributed by atoms with Gasteiger partial charge in [0.1, 0.15) is 6.61 Å². The number of carbonyl (C=O) groups is 2. The first-order chi connectivity index (χ1) is 33.6. The van der Waals surface area contributed by atoms with E-state index in [4.69, 9.17) is 14.2 Å². The van der Waals surface area contributed by atoms with Crippen LogP contribution in [-0.2, 0) is 23.8 Å². The molecule has 5 nitrogen and oxygen atoms in total. The highest BCUT2D eigenvalue weighted by atomic mass is 16.6. The Bertz CT molecular complexity index is 1040. The van der Waals surface area contributed by atoms with Crippen molar-refractivity contribution >= 4 is 11.9 Å². The summed E-state index contributed by atoms with van der Waals surface area (Å²) in [5.74, 6) is -0.375. The molecule has 402 valence electrons. The van der Waals surface area contributed by atoms with Gasteiger partial charge in [-0.05, 0) is 51.4 Å². The van der Waals surface area contributed by atoms with Gasteiger partial charge in [-0.15, -0.1) is 0 Å². The molecule has 1 atom stereocenters. The fourth-order valence-electron chi connectivity index (χ4n) is 9.37. The molecule has 0 bridgehead atoms.